The van der Waals surface area contributed by atoms with Crippen molar-refractivity contribution in [2.45, 2.75) is 0 Å². The molecule has 5 nitrogen and oxygen atoms in total. The van der Waals surface area contributed by atoms with Crippen molar-refractivity contribution < 1.29 is 9.59 Å². The van der Waals surface area contributed by atoms with Gasteiger partial charge in [0.1, 0.15) is 0 Å². The van der Waals surface area contributed by atoms with Gasteiger partial charge < -0.3 is 9.88 Å². The largest absolute Gasteiger partial charge is 0.351 e. The number of halogens is 1. The van der Waals surface area contributed by atoms with E-state index in [9.17, 15) is 9.59 Å². The first kappa shape index (κ1) is 15.3. The van der Waals surface area contributed by atoms with Gasteiger partial charge in [0.2, 0.25) is 0 Å². The Labute approximate surface area is 141 Å². The maximum Gasteiger partial charge on any atom is 0.326 e. The molecule has 3 aromatic rings. The van der Waals surface area contributed by atoms with Gasteiger partial charge in [0.25, 0.3) is 5.91 Å². The van der Waals surface area contributed by atoms with Crippen molar-refractivity contribution in [2.75, 3.05) is 5.32 Å². The third kappa shape index (κ3) is 3.43. The number of hydrogen-bond donors (Lipinski definition) is 2. The summed E-state index contributed by atoms with van der Waals surface area (Å²) in [5, 5.41) is 5.90. The predicted molar refractivity (Wildman–Crippen MR) is 93.5 cm³/mol. The minimum Gasteiger partial charge on any atom is -0.351 e. The molecule has 0 spiro atoms. The van der Waals surface area contributed by atoms with Gasteiger partial charge in [0.15, 0.2) is 0 Å². The summed E-state index contributed by atoms with van der Waals surface area (Å²) in [4.78, 5) is 24.1. The Hall–Kier alpha value is -2.60. The molecule has 1 aromatic heterocycles. The van der Waals surface area contributed by atoms with E-state index < -0.39 is 11.9 Å². The number of urea groups is 1. The van der Waals surface area contributed by atoms with Crippen molar-refractivity contribution in [1.82, 2.24) is 9.88 Å². The van der Waals surface area contributed by atoms with E-state index in [1.807, 2.05) is 36.0 Å². The van der Waals surface area contributed by atoms with Crippen LogP contribution in [0.15, 0.2) is 59.2 Å². The second-order valence-electron chi connectivity index (χ2n) is 5.12. The molecule has 2 N–H and O–H groups in total. The van der Waals surface area contributed by atoms with Crippen molar-refractivity contribution in [3.63, 3.8) is 0 Å². The average Bonchev–Trinajstić information content (AvgIpc) is 2.88. The molecule has 0 saturated carbocycles. The van der Waals surface area contributed by atoms with Crippen LogP contribution < -0.4 is 10.6 Å². The number of benzene rings is 2. The molecule has 0 aliphatic carbocycles. The number of nitrogens with one attached hydrogen (secondary N) is 2. The van der Waals surface area contributed by atoms with Crippen molar-refractivity contribution >= 4 is 44.5 Å². The molecule has 0 aliphatic rings. The average molecular weight is 372 g/mol. The maximum atomic E-state index is 12.2. The van der Waals surface area contributed by atoms with Gasteiger partial charge in [-0.25, -0.2) is 4.79 Å². The number of aryl methyl sites for hydroxylation is 1. The summed E-state index contributed by atoms with van der Waals surface area (Å²) in [6.45, 7) is 0. The number of nitrogens with zero attached hydrogens (tertiary/aromatic N) is 1. The van der Waals surface area contributed by atoms with Gasteiger partial charge in [-0.3, -0.25) is 10.1 Å². The molecule has 3 amide bonds. The van der Waals surface area contributed by atoms with Crippen LogP contribution in [0.1, 0.15) is 10.4 Å². The van der Waals surface area contributed by atoms with Gasteiger partial charge >= 0.3 is 6.03 Å². The Kier molecular flexibility index (Phi) is 4.16. The predicted octanol–water partition coefficient (Wildman–Crippen LogP) is 3.90. The lowest BCUT2D eigenvalue weighted by Crippen LogP contribution is -2.34. The minimum atomic E-state index is -0.568. The van der Waals surface area contributed by atoms with Crippen LogP contribution in [0.2, 0.25) is 0 Å². The quantitative estimate of drug-likeness (QED) is 0.717. The third-order valence-electron chi connectivity index (χ3n) is 3.46. The lowest BCUT2D eigenvalue weighted by Gasteiger charge is -2.07. The van der Waals surface area contributed by atoms with E-state index in [0.29, 0.717) is 11.3 Å². The highest BCUT2D eigenvalue weighted by molar-refractivity contribution is 9.10. The Morgan fingerprint density at radius 3 is 2.70 bits per heavy atom. The van der Waals surface area contributed by atoms with Crippen molar-refractivity contribution in [2.24, 2.45) is 7.05 Å². The zero-order chi connectivity index (χ0) is 16.4. The molecule has 0 unspecified atom stereocenters. The second kappa shape index (κ2) is 6.26. The van der Waals surface area contributed by atoms with Crippen LogP contribution in [-0.4, -0.2) is 16.5 Å². The Bertz CT molecular complexity index is 902. The Morgan fingerprint density at radius 2 is 1.91 bits per heavy atom. The van der Waals surface area contributed by atoms with Crippen molar-refractivity contribution in [3.05, 3.63) is 64.8 Å². The van der Waals surface area contributed by atoms with E-state index in [-0.39, 0.29) is 0 Å². The SMILES string of the molecule is Cn1ccc2cc(C(=O)NC(=O)Nc3cccc(Br)c3)ccc21. The summed E-state index contributed by atoms with van der Waals surface area (Å²) in [7, 11) is 1.94. The van der Waals surface area contributed by atoms with Gasteiger partial charge in [0.05, 0.1) is 0 Å². The topological polar surface area (TPSA) is 63.1 Å². The molecule has 116 valence electrons. The lowest BCUT2D eigenvalue weighted by molar-refractivity contribution is 0.0967. The van der Waals surface area contributed by atoms with E-state index >= 15 is 0 Å². The van der Waals surface area contributed by atoms with Gasteiger partial charge in [-0.05, 0) is 42.5 Å². The molecule has 0 radical (unpaired) electrons. The summed E-state index contributed by atoms with van der Waals surface area (Å²) >= 11 is 3.32. The molecule has 0 fully saturated rings. The Balaban J connectivity index is 1.71. The van der Waals surface area contributed by atoms with Crippen molar-refractivity contribution in [1.29, 1.82) is 0 Å². The fourth-order valence-corrected chi connectivity index (χ4v) is 2.73. The fraction of sp³-hybridized carbons (Fsp3) is 0.0588. The number of imide groups is 1. The highest BCUT2D eigenvalue weighted by atomic mass is 79.9. The molecule has 1 heterocycles. The van der Waals surface area contributed by atoms with E-state index in [1.54, 1.807) is 30.3 Å². The minimum absolute atomic E-state index is 0.438. The van der Waals surface area contributed by atoms with E-state index in [0.717, 1.165) is 15.4 Å². The van der Waals surface area contributed by atoms with E-state index in [1.165, 1.54) is 0 Å². The number of fused-ring (bicyclic) bond motifs is 1. The van der Waals surface area contributed by atoms with Crippen LogP contribution in [0.3, 0.4) is 0 Å². The second-order valence-corrected chi connectivity index (χ2v) is 6.03. The molecular formula is C17H14BrN3O2. The number of aromatic nitrogens is 1. The van der Waals surface area contributed by atoms with Crippen LogP contribution in [0.25, 0.3) is 10.9 Å². The monoisotopic (exact) mass is 371 g/mol. The molecule has 0 aliphatic heterocycles. The van der Waals surface area contributed by atoms with Crippen molar-refractivity contribution in [3.8, 4) is 0 Å². The van der Waals surface area contributed by atoms with E-state index in [2.05, 4.69) is 26.6 Å². The number of carbonyl (C=O) groups is 2. The molecule has 23 heavy (non-hydrogen) atoms. The molecule has 2 aromatic carbocycles. The first-order valence-electron chi connectivity index (χ1n) is 6.96. The fourth-order valence-electron chi connectivity index (χ4n) is 2.33. The van der Waals surface area contributed by atoms with Crippen LogP contribution in [0.5, 0.6) is 0 Å². The number of amides is 3. The number of carbonyl (C=O) groups excluding carboxylic acids is 2. The first-order valence-corrected chi connectivity index (χ1v) is 7.75. The molecule has 0 bridgehead atoms. The van der Waals surface area contributed by atoms with Gasteiger partial charge in [-0.15, -0.1) is 0 Å². The smallest absolute Gasteiger partial charge is 0.326 e. The number of anilines is 1. The molecule has 0 saturated heterocycles. The zero-order valence-electron chi connectivity index (χ0n) is 12.3. The third-order valence-corrected chi connectivity index (χ3v) is 3.95. The molecular weight excluding hydrogens is 358 g/mol. The summed E-state index contributed by atoms with van der Waals surface area (Å²) < 4.78 is 2.81. The highest BCUT2D eigenvalue weighted by Crippen LogP contribution is 2.17. The van der Waals surface area contributed by atoms with Crippen LogP contribution >= 0.6 is 15.9 Å². The summed E-state index contributed by atoms with van der Waals surface area (Å²) in [5.74, 6) is -0.441. The van der Waals surface area contributed by atoms with Gasteiger partial charge in [-0.2, -0.15) is 0 Å². The van der Waals surface area contributed by atoms with Crippen LogP contribution in [0.4, 0.5) is 10.5 Å². The van der Waals surface area contributed by atoms with Crippen LogP contribution in [0, 0.1) is 0 Å². The van der Waals surface area contributed by atoms with E-state index in [4.69, 9.17) is 0 Å². The Morgan fingerprint density at radius 1 is 1.09 bits per heavy atom. The number of rotatable bonds is 2. The normalized spacial score (nSPS) is 10.5. The molecule has 3 rings (SSSR count). The maximum absolute atomic E-state index is 12.2. The summed E-state index contributed by atoms with van der Waals surface area (Å²) in [6.07, 6.45) is 1.92. The van der Waals surface area contributed by atoms with Gasteiger partial charge in [0, 0.05) is 39.9 Å². The molecule has 6 heteroatoms. The summed E-state index contributed by atoms with van der Waals surface area (Å²) in [6, 6.07) is 13.8. The standard InChI is InChI=1S/C17H14BrN3O2/c1-21-8-7-11-9-12(5-6-15(11)21)16(22)20-17(23)19-14-4-2-3-13(18)10-14/h2-10H,1H3,(H2,19,20,22,23). The number of hydrogen-bond acceptors (Lipinski definition) is 2. The first-order chi connectivity index (χ1) is 11.0. The zero-order valence-corrected chi connectivity index (χ0v) is 13.9. The van der Waals surface area contributed by atoms with Crippen LogP contribution in [-0.2, 0) is 7.05 Å². The summed E-state index contributed by atoms with van der Waals surface area (Å²) in [5.41, 5.74) is 2.07. The highest BCUT2D eigenvalue weighted by Gasteiger charge is 2.11. The lowest BCUT2D eigenvalue weighted by atomic mass is 10.1. The van der Waals surface area contributed by atoms with Gasteiger partial charge in [-0.1, -0.05) is 22.0 Å². The molecule has 0 atom stereocenters.